The second-order valence-electron chi connectivity index (χ2n) is 12.7. The molecule has 45 heavy (non-hydrogen) atoms. The zero-order valence-electron chi connectivity index (χ0n) is 26.6. The normalized spacial score (nSPS) is 14.1. The van der Waals surface area contributed by atoms with E-state index in [4.69, 9.17) is 14.5 Å². The number of nitrogens with zero attached hydrogens (tertiary/aromatic N) is 2. The maximum Gasteiger partial charge on any atom is 0.359 e. The highest BCUT2D eigenvalue weighted by molar-refractivity contribution is 5.82. The van der Waals surface area contributed by atoms with Crippen LogP contribution in [0.15, 0.2) is 91.1 Å². The van der Waals surface area contributed by atoms with Crippen molar-refractivity contribution in [2.45, 2.75) is 83.8 Å². The van der Waals surface area contributed by atoms with E-state index in [2.05, 4.69) is 17.4 Å². The van der Waals surface area contributed by atoms with Gasteiger partial charge < -0.3 is 9.47 Å². The summed E-state index contributed by atoms with van der Waals surface area (Å²) in [5.74, 6) is 1.46. The molecule has 7 nitrogen and oxygen atoms in total. The Morgan fingerprint density at radius 1 is 0.867 bits per heavy atom. The molecule has 4 aromatic rings. The summed E-state index contributed by atoms with van der Waals surface area (Å²) in [7, 11) is 0. The molecule has 1 aromatic heterocycles. The summed E-state index contributed by atoms with van der Waals surface area (Å²) in [6.45, 7) is 6.32. The van der Waals surface area contributed by atoms with Crippen LogP contribution in [-0.4, -0.2) is 35.1 Å². The van der Waals surface area contributed by atoms with Crippen molar-refractivity contribution in [1.82, 2.24) is 4.98 Å². The fourth-order valence-corrected chi connectivity index (χ4v) is 5.56. The Labute approximate surface area is 266 Å². The summed E-state index contributed by atoms with van der Waals surface area (Å²) in [5.41, 5.74) is 4.36. The number of ether oxygens (including phenoxy) is 2. The van der Waals surface area contributed by atoms with Gasteiger partial charge >= 0.3 is 17.7 Å². The maximum absolute atomic E-state index is 13.7. The van der Waals surface area contributed by atoms with Crippen LogP contribution in [0.25, 0.3) is 11.3 Å². The third-order valence-corrected chi connectivity index (χ3v) is 7.70. The number of benzene rings is 3. The second-order valence-corrected chi connectivity index (χ2v) is 12.7. The fraction of sp³-hybridized carbons (Fsp3) is 0.368. The largest absolute Gasteiger partial charge is 0.494 e. The zero-order chi connectivity index (χ0) is 31.6. The molecule has 1 N–H and O–H groups in total. The molecule has 0 spiro atoms. The number of rotatable bonds is 14. The Hall–Kier alpha value is -4.52. The summed E-state index contributed by atoms with van der Waals surface area (Å²) in [6, 6.07) is 27.8. The molecule has 0 fully saturated rings. The molecule has 234 valence electrons. The molecular formula is C38H44N3O4+. The van der Waals surface area contributed by atoms with Crippen molar-refractivity contribution in [3.63, 3.8) is 0 Å². The Morgan fingerprint density at radius 3 is 2.31 bits per heavy atom. The number of hydrogen-bond donors (Lipinski definition) is 1. The highest BCUT2D eigenvalue weighted by atomic mass is 16.6. The third-order valence-electron chi connectivity index (χ3n) is 7.70. The van der Waals surface area contributed by atoms with Crippen molar-refractivity contribution in [3.8, 4) is 17.0 Å². The van der Waals surface area contributed by atoms with E-state index >= 15 is 0 Å². The number of aromatic nitrogens is 2. The molecule has 1 aliphatic rings. The van der Waals surface area contributed by atoms with Gasteiger partial charge in [-0.15, -0.1) is 0 Å². The molecule has 0 aliphatic carbocycles. The highest BCUT2D eigenvalue weighted by Gasteiger charge is 2.41. The van der Waals surface area contributed by atoms with Gasteiger partial charge in [-0.25, -0.2) is 9.78 Å². The van der Waals surface area contributed by atoms with E-state index in [0.29, 0.717) is 25.9 Å². The number of fused-ring (bicyclic) bond motifs is 1. The van der Waals surface area contributed by atoms with Crippen molar-refractivity contribution in [2.24, 2.45) is 0 Å². The van der Waals surface area contributed by atoms with E-state index in [1.807, 2.05) is 99.8 Å². The minimum Gasteiger partial charge on any atom is -0.494 e. The molecule has 2 heterocycles. The van der Waals surface area contributed by atoms with E-state index < -0.39 is 11.6 Å². The van der Waals surface area contributed by atoms with Crippen LogP contribution in [0.2, 0.25) is 0 Å². The van der Waals surface area contributed by atoms with Gasteiger partial charge in [0.25, 0.3) is 0 Å². The van der Waals surface area contributed by atoms with Crippen LogP contribution in [-0.2, 0) is 22.4 Å². The fourth-order valence-electron chi connectivity index (χ4n) is 5.56. The van der Waals surface area contributed by atoms with Gasteiger partial charge in [-0.05, 0) is 56.9 Å². The van der Waals surface area contributed by atoms with Crippen molar-refractivity contribution in [1.29, 1.82) is 0 Å². The molecule has 1 atom stereocenters. The minimum absolute atomic E-state index is 0.0110. The lowest BCUT2D eigenvalue weighted by molar-refractivity contribution is -0.552. The van der Waals surface area contributed by atoms with Crippen LogP contribution < -0.4 is 14.6 Å². The molecule has 1 unspecified atom stereocenters. The van der Waals surface area contributed by atoms with Crippen molar-refractivity contribution < 1.29 is 23.6 Å². The Kier molecular flexibility index (Phi) is 10.6. The van der Waals surface area contributed by atoms with Gasteiger partial charge in [0.1, 0.15) is 28.9 Å². The molecule has 0 saturated heterocycles. The number of unbranched alkanes of at least 4 members (excludes halogenated alkanes) is 4. The van der Waals surface area contributed by atoms with Gasteiger partial charge in [0.15, 0.2) is 6.04 Å². The van der Waals surface area contributed by atoms with Gasteiger partial charge in [0.2, 0.25) is 0 Å². The lowest BCUT2D eigenvalue weighted by atomic mass is 10.1. The standard InChI is InChI=1S/C38H43N3O4/c1-38(2,3)45-35(42)22-13-5-4-6-14-23-44-31-21-15-18-29(24-31)26-33-37(43)41-27-34(30-19-11-8-12-20-30)39-32(36(41)40-33)25-28-16-9-7-10-17-28/h7-12,15-21,24,27,33H,4-6,13-14,22-23,25-26H2,1-3H3/p+1. The Bertz CT molecular complexity index is 1580. The molecular weight excluding hydrogens is 562 g/mol. The lowest BCUT2D eigenvalue weighted by Gasteiger charge is -2.19. The van der Waals surface area contributed by atoms with Crippen LogP contribution in [0.1, 0.15) is 80.9 Å². The van der Waals surface area contributed by atoms with Crippen LogP contribution in [0.5, 0.6) is 5.75 Å². The number of carbonyl (C=O) groups excluding carboxylic acids is 2. The van der Waals surface area contributed by atoms with Crippen LogP contribution in [0.4, 0.5) is 5.82 Å². The first-order valence-corrected chi connectivity index (χ1v) is 16.0. The van der Waals surface area contributed by atoms with E-state index in [-0.39, 0.29) is 11.9 Å². The highest BCUT2D eigenvalue weighted by Crippen LogP contribution is 2.25. The van der Waals surface area contributed by atoms with Gasteiger partial charge in [0, 0.05) is 24.8 Å². The predicted octanol–water partition coefficient (Wildman–Crippen LogP) is 7.37. The minimum atomic E-state index is -0.422. The summed E-state index contributed by atoms with van der Waals surface area (Å²) >= 11 is 0. The first-order chi connectivity index (χ1) is 21.7. The predicted molar refractivity (Wildman–Crippen MR) is 176 cm³/mol. The van der Waals surface area contributed by atoms with Crippen LogP contribution >= 0.6 is 0 Å². The molecule has 0 radical (unpaired) electrons. The molecule has 0 bridgehead atoms. The topological polar surface area (TPSA) is 81.4 Å². The number of esters is 1. The van der Waals surface area contributed by atoms with Gasteiger partial charge in [-0.3, -0.25) is 10.1 Å². The number of carbonyl (C=O) groups is 2. The average molecular weight is 607 g/mol. The van der Waals surface area contributed by atoms with Crippen molar-refractivity contribution >= 4 is 17.7 Å². The zero-order valence-corrected chi connectivity index (χ0v) is 26.6. The molecule has 0 amide bonds. The average Bonchev–Trinajstić information content (AvgIpc) is 3.33. The van der Waals surface area contributed by atoms with Gasteiger partial charge in [0.05, 0.1) is 6.61 Å². The SMILES string of the molecule is CC(C)(C)OC(=O)CCCCCCCOc1cccc(CC2Nc3c(Cc4ccccc4)nc(-c4ccccc4)c[n+]3C2=O)c1. The van der Waals surface area contributed by atoms with Crippen molar-refractivity contribution in [3.05, 3.63) is 108 Å². The summed E-state index contributed by atoms with van der Waals surface area (Å²) in [6.07, 6.45) is 8.41. The first-order valence-electron chi connectivity index (χ1n) is 16.0. The number of nitrogens with one attached hydrogen (secondary N) is 1. The van der Waals surface area contributed by atoms with Gasteiger partial charge in [-0.2, -0.15) is 4.57 Å². The monoisotopic (exact) mass is 606 g/mol. The first kappa shape index (κ1) is 31.9. The smallest absolute Gasteiger partial charge is 0.359 e. The molecule has 0 saturated carbocycles. The third kappa shape index (κ3) is 9.24. The number of anilines is 1. The summed E-state index contributed by atoms with van der Waals surface area (Å²) in [4.78, 5) is 30.6. The summed E-state index contributed by atoms with van der Waals surface area (Å²) < 4.78 is 13.2. The molecule has 3 aromatic carbocycles. The quantitative estimate of drug-likeness (QED) is 0.0918. The Morgan fingerprint density at radius 2 is 1.56 bits per heavy atom. The second kappa shape index (κ2) is 15.0. The van der Waals surface area contributed by atoms with E-state index in [9.17, 15) is 9.59 Å². The van der Waals surface area contributed by atoms with E-state index in [1.165, 1.54) is 0 Å². The van der Waals surface area contributed by atoms with Crippen LogP contribution in [0, 0.1) is 0 Å². The number of hydrogen-bond acceptors (Lipinski definition) is 6. The molecule has 5 rings (SSSR count). The molecule has 1 aliphatic heterocycles. The van der Waals surface area contributed by atoms with Crippen molar-refractivity contribution in [2.75, 3.05) is 11.9 Å². The van der Waals surface area contributed by atoms with E-state index in [0.717, 1.165) is 71.7 Å². The lowest BCUT2D eigenvalue weighted by Crippen LogP contribution is -2.44. The van der Waals surface area contributed by atoms with E-state index in [1.54, 1.807) is 4.57 Å². The molecule has 7 heteroatoms. The van der Waals surface area contributed by atoms with Gasteiger partial charge in [-0.1, -0.05) is 92.1 Å². The van der Waals surface area contributed by atoms with Crippen LogP contribution in [0.3, 0.4) is 0 Å². The maximum atomic E-state index is 13.7. The Balaban J connectivity index is 1.15. The summed E-state index contributed by atoms with van der Waals surface area (Å²) in [5, 5.41) is 3.50.